The van der Waals surface area contributed by atoms with Gasteiger partial charge >= 0.3 is 0 Å². The molecule has 0 spiro atoms. The van der Waals surface area contributed by atoms with Crippen LogP contribution in [0.5, 0.6) is 0 Å². The molecule has 3 rings (SSSR count). The number of aryl methyl sites for hydroxylation is 2. The summed E-state index contributed by atoms with van der Waals surface area (Å²) in [5.74, 6) is -0.0398. The monoisotopic (exact) mass is 337 g/mol. The Labute approximate surface area is 145 Å². The number of nitrogens with zero attached hydrogens (tertiary/aromatic N) is 2. The van der Waals surface area contributed by atoms with Gasteiger partial charge in [0.1, 0.15) is 5.01 Å². The Hall–Kier alpha value is -2.53. The predicted octanol–water partition coefficient (Wildman–Crippen LogP) is 4.26. The van der Waals surface area contributed by atoms with Crippen LogP contribution in [0.1, 0.15) is 23.7 Å². The van der Waals surface area contributed by atoms with Gasteiger partial charge in [-0.15, -0.1) is 11.3 Å². The molecule has 0 fully saturated rings. The second-order valence-electron chi connectivity index (χ2n) is 5.57. The number of amides is 1. The lowest BCUT2D eigenvalue weighted by atomic mass is 10.1. The number of benzene rings is 1. The molecular formula is C19H19N3OS. The molecule has 0 unspecified atom stereocenters. The number of aromatic nitrogens is 2. The first kappa shape index (κ1) is 16.3. The van der Waals surface area contributed by atoms with Crippen LogP contribution >= 0.6 is 11.3 Å². The summed E-state index contributed by atoms with van der Waals surface area (Å²) in [7, 11) is 0. The van der Waals surface area contributed by atoms with E-state index in [1.54, 1.807) is 12.4 Å². The van der Waals surface area contributed by atoms with Gasteiger partial charge in [-0.2, -0.15) is 0 Å². The molecule has 1 amide bonds. The van der Waals surface area contributed by atoms with Gasteiger partial charge in [0.25, 0.3) is 0 Å². The van der Waals surface area contributed by atoms with Gasteiger partial charge in [-0.3, -0.25) is 9.78 Å². The third-order valence-corrected chi connectivity index (χ3v) is 4.75. The first-order valence-corrected chi connectivity index (χ1v) is 8.78. The molecule has 0 aliphatic heterocycles. The van der Waals surface area contributed by atoms with Crippen molar-refractivity contribution in [2.24, 2.45) is 0 Å². The molecule has 4 nitrogen and oxygen atoms in total. The minimum atomic E-state index is -0.0398. The van der Waals surface area contributed by atoms with E-state index in [9.17, 15) is 4.79 Å². The number of carbonyl (C=O) groups is 1. The van der Waals surface area contributed by atoms with Crippen LogP contribution < -0.4 is 5.32 Å². The van der Waals surface area contributed by atoms with Crippen LogP contribution in [0.3, 0.4) is 0 Å². The maximum atomic E-state index is 12.4. The number of nitrogens with one attached hydrogen (secondary N) is 1. The summed E-state index contributed by atoms with van der Waals surface area (Å²) in [4.78, 5) is 21.0. The van der Waals surface area contributed by atoms with Crippen molar-refractivity contribution in [2.75, 3.05) is 5.32 Å². The first-order valence-electron chi connectivity index (χ1n) is 7.90. The average Bonchev–Trinajstić information content (AvgIpc) is 3.06. The Balaban J connectivity index is 1.71. The van der Waals surface area contributed by atoms with Crippen molar-refractivity contribution in [1.82, 2.24) is 9.97 Å². The van der Waals surface area contributed by atoms with Crippen molar-refractivity contribution >= 4 is 22.9 Å². The molecule has 24 heavy (non-hydrogen) atoms. The lowest BCUT2D eigenvalue weighted by Gasteiger charge is -2.12. The van der Waals surface area contributed by atoms with E-state index >= 15 is 0 Å². The van der Waals surface area contributed by atoms with Crippen LogP contribution in [0.2, 0.25) is 0 Å². The molecule has 0 aliphatic carbocycles. The zero-order valence-corrected chi connectivity index (χ0v) is 14.6. The molecule has 1 aromatic carbocycles. The molecule has 122 valence electrons. The zero-order valence-electron chi connectivity index (χ0n) is 13.7. The highest BCUT2D eigenvalue weighted by molar-refractivity contribution is 7.13. The largest absolute Gasteiger partial charge is 0.325 e. The van der Waals surface area contributed by atoms with Gasteiger partial charge in [-0.1, -0.05) is 25.1 Å². The minimum Gasteiger partial charge on any atom is -0.325 e. The van der Waals surface area contributed by atoms with E-state index in [4.69, 9.17) is 0 Å². The number of hydrogen-bond donors (Lipinski definition) is 1. The standard InChI is InChI=1S/C19H19N3OS/c1-3-14-7-4-6-13(2)18(14)22-17(23)10-16-12-24-19(21-16)15-8-5-9-20-11-15/h4-9,11-12H,3,10H2,1-2H3,(H,22,23). The molecule has 0 aliphatic rings. The van der Waals surface area contributed by atoms with E-state index < -0.39 is 0 Å². The second kappa shape index (κ2) is 7.36. The van der Waals surface area contributed by atoms with Crippen LogP contribution in [-0.2, 0) is 17.6 Å². The third kappa shape index (κ3) is 3.68. The van der Waals surface area contributed by atoms with Crippen molar-refractivity contribution in [1.29, 1.82) is 0 Å². The van der Waals surface area contributed by atoms with Crippen LogP contribution in [0.25, 0.3) is 10.6 Å². The van der Waals surface area contributed by atoms with E-state index in [2.05, 4.69) is 22.2 Å². The second-order valence-corrected chi connectivity index (χ2v) is 6.43. The molecule has 0 bridgehead atoms. The Bertz CT molecular complexity index is 843. The zero-order chi connectivity index (χ0) is 16.9. The van der Waals surface area contributed by atoms with Gasteiger partial charge in [-0.25, -0.2) is 4.98 Å². The molecule has 0 saturated heterocycles. The number of anilines is 1. The van der Waals surface area contributed by atoms with Crippen LogP contribution in [0.4, 0.5) is 5.69 Å². The Morgan fingerprint density at radius 1 is 1.25 bits per heavy atom. The van der Waals surface area contributed by atoms with Gasteiger partial charge in [0.2, 0.25) is 5.91 Å². The van der Waals surface area contributed by atoms with E-state index in [1.807, 2.05) is 42.6 Å². The van der Waals surface area contributed by atoms with E-state index in [-0.39, 0.29) is 12.3 Å². The van der Waals surface area contributed by atoms with E-state index in [0.29, 0.717) is 0 Å². The van der Waals surface area contributed by atoms with Crippen molar-refractivity contribution in [3.05, 3.63) is 64.9 Å². The molecular weight excluding hydrogens is 318 g/mol. The SMILES string of the molecule is CCc1cccc(C)c1NC(=O)Cc1csc(-c2cccnc2)n1. The first-order chi connectivity index (χ1) is 11.7. The molecule has 0 radical (unpaired) electrons. The lowest BCUT2D eigenvalue weighted by Crippen LogP contribution is -2.16. The van der Waals surface area contributed by atoms with Gasteiger partial charge in [0.15, 0.2) is 0 Å². The highest BCUT2D eigenvalue weighted by atomic mass is 32.1. The summed E-state index contributed by atoms with van der Waals surface area (Å²) in [5.41, 5.74) is 4.91. The smallest absolute Gasteiger partial charge is 0.230 e. The molecule has 2 heterocycles. The summed E-state index contributed by atoms with van der Waals surface area (Å²) in [6.07, 6.45) is 4.68. The summed E-state index contributed by atoms with van der Waals surface area (Å²) < 4.78 is 0. The average molecular weight is 337 g/mol. The fourth-order valence-electron chi connectivity index (χ4n) is 2.56. The van der Waals surface area contributed by atoms with Gasteiger partial charge in [0.05, 0.1) is 12.1 Å². The molecule has 0 atom stereocenters. The van der Waals surface area contributed by atoms with Crippen molar-refractivity contribution in [2.45, 2.75) is 26.7 Å². The number of rotatable bonds is 5. The van der Waals surface area contributed by atoms with Crippen molar-refractivity contribution in [3.8, 4) is 10.6 Å². The fraction of sp³-hybridized carbons (Fsp3) is 0.211. The van der Waals surface area contributed by atoms with Gasteiger partial charge in [0, 0.05) is 29.0 Å². The van der Waals surface area contributed by atoms with Gasteiger partial charge < -0.3 is 5.32 Å². The molecule has 0 saturated carbocycles. The maximum absolute atomic E-state index is 12.4. The van der Waals surface area contributed by atoms with Crippen LogP contribution in [-0.4, -0.2) is 15.9 Å². The number of thiazole rings is 1. The molecule has 3 aromatic rings. The highest BCUT2D eigenvalue weighted by Crippen LogP contribution is 2.24. The van der Waals surface area contributed by atoms with Crippen LogP contribution in [0.15, 0.2) is 48.1 Å². The fourth-order valence-corrected chi connectivity index (χ4v) is 3.37. The van der Waals surface area contributed by atoms with Crippen molar-refractivity contribution < 1.29 is 4.79 Å². The number of carbonyl (C=O) groups excluding carboxylic acids is 1. The van der Waals surface area contributed by atoms with E-state index in [1.165, 1.54) is 11.3 Å². The summed E-state index contributed by atoms with van der Waals surface area (Å²) >= 11 is 1.53. The Kier molecular flexibility index (Phi) is 5.01. The lowest BCUT2D eigenvalue weighted by molar-refractivity contribution is -0.115. The summed E-state index contributed by atoms with van der Waals surface area (Å²) in [5, 5.41) is 5.86. The third-order valence-electron chi connectivity index (χ3n) is 3.81. The highest BCUT2D eigenvalue weighted by Gasteiger charge is 2.12. The van der Waals surface area contributed by atoms with Gasteiger partial charge in [-0.05, 0) is 36.6 Å². The summed E-state index contributed by atoms with van der Waals surface area (Å²) in [6.45, 7) is 4.10. The Morgan fingerprint density at radius 2 is 2.12 bits per heavy atom. The van der Waals surface area contributed by atoms with Crippen LogP contribution in [0, 0.1) is 6.92 Å². The van der Waals surface area contributed by atoms with E-state index in [0.717, 1.165) is 39.5 Å². The number of pyridine rings is 1. The van der Waals surface area contributed by atoms with Crippen molar-refractivity contribution in [3.63, 3.8) is 0 Å². The minimum absolute atomic E-state index is 0.0398. The predicted molar refractivity (Wildman–Crippen MR) is 98.2 cm³/mol. The quantitative estimate of drug-likeness (QED) is 0.757. The number of hydrogen-bond acceptors (Lipinski definition) is 4. The molecule has 2 aromatic heterocycles. The normalized spacial score (nSPS) is 10.6. The Morgan fingerprint density at radius 3 is 2.88 bits per heavy atom. The number of para-hydroxylation sites is 1. The topological polar surface area (TPSA) is 54.9 Å². The molecule has 1 N–H and O–H groups in total. The molecule has 5 heteroatoms. The maximum Gasteiger partial charge on any atom is 0.230 e. The summed E-state index contributed by atoms with van der Waals surface area (Å²) in [6, 6.07) is 9.93.